The summed E-state index contributed by atoms with van der Waals surface area (Å²) in [4.78, 5) is 31.9. The first kappa shape index (κ1) is 40.2. The predicted molar refractivity (Wildman–Crippen MR) is 216 cm³/mol. The summed E-state index contributed by atoms with van der Waals surface area (Å²) >= 11 is 1.70. The molecule has 7 heteroatoms. The van der Waals surface area contributed by atoms with Crippen molar-refractivity contribution in [2.45, 2.75) is 161 Å². The summed E-state index contributed by atoms with van der Waals surface area (Å²) in [6.45, 7) is 11.8. The van der Waals surface area contributed by atoms with E-state index in [0.29, 0.717) is 50.0 Å². The molecule has 53 heavy (non-hydrogen) atoms. The fourth-order valence-electron chi connectivity index (χ4n) is 10.5. The Balaban J connectivity index is 1.36. The van der Waals surface area contributed by atoms with Crippen LogP contribution in [0.25, 0.3) is 0 Å². The van der Waals surface area contributed by atoms with Crippen molar-refractivity contribution >= 4 is 23.2 Å². The van der Waals surface area contributed by atoms with Crippen molar-refractivity contribution in [3.05, 3.63) is 68.9 Å². The van der Waals surface area contributed by atoms with Gasteiger partial charge in [-0.2, -0.15) is 0 Å². The Morgan fingerprint density at radius 3 is 2.57 bits per heavy atom. The minimum atomic E-state index is -1.18. The second-order valence-electron chi connectivity index (χ2n) is 18.1. The molecule has 1 aromatic carbocycles. The van der Waals surface area contributed by atoms with E-state index in [9.17, 15) is 19.8 Å². The Morgan fingerprint density at radius 2 is 1.83 bits per heavy atom. The minimum Gasteiger partial charge on any atom is -0.446 e. The third-order valence-corrected chi connectivity index (χ3v) is 15.0. The molecule has 1 amide bonds. The summed E-state index contributed by atoms with van der Waals surface area (Å²) in [5.41, 5.74) is 2.32. The van der Waals surface area contributed by atoms with Crippen LogP contribution in [-0.4, -0.2) is 57.9 Å². The molecular weight excluding hydrogens is 679 g/mol. The number of thiophene rings is 1. The molecule has 7 rings (SSSR count). The van der Waals surface area contributed by atoms with Crippen molar-refractivity contribution in [3.8, 4) is 0 Å². The number of benzene rings is 1. The number of aliphatic hydroxyl groups excluding tert-OH is 1. The molecule has 0 spiro atoms. The third kappa shape index (κ3) is 9.32. The molecule has 3 fully saturated rings. The molecule has 0 radical (unpaired) electrons. The number of rotatable bonds is 9. The molecule has 0 aliphatic heterocycles. The SMILES string of the molecule is CC1=CCC[C@@]2(C)[C@@H](CC[C@@]2(O)CN(CCc2cccs2)C(=O)O[C@H]2C[C@@H](C)CC[C@@H]2C(C)C)c2ccc(cc2C(=O)C2CCCCC2)C[C@@H](O)CC1. The van der Waals surface area contributed by atoms with Gasteiger partial charge in [-0.3, -0.25) is 4.79 Å². The number of nitrogens with zero attached hydrogens (tertiary/aromatic N) is 1. The van der Waals surface area contributed by atoms with Crippen LogP contribution in [0.2, 0.25) is 0 Å². The van der Waals surface area contributed by atoms with E-state index in [1.54, 1.807) is 11.3 Å². The van der Waals surface area contributed by atoms with Gasteiger partial charge >= 0.3 is 6.09 Å². The van der Waals surface area contributed by atoms with Gasteiger partial charge in [0.15, 0.2) is 5.78 Å². The molecule has 0 unspecified atom stereocenters. The largest absolute Gasteiger partial charge is 0.446 e. The lowest BCUT2D eigenvalue weighted by atomic mass is 9.64. The molecule has 5 aliphatic rings. The van der Waals surface area contributed by atoms with Gasteiger partial charge in [-0.25, -0.2) is 4.79 Å². The highest BCUT2D eigenvalue weighted by Crippen LogP contribution is 2.59. The third-order valence-electron chi connectivity index (χ3n) is 14.0. The number of amides is 1. The van der Waals surface area contributed by atoms with E-state index in [4.69, 9.17) is 4.74 Å². The summed E-state index contributed by atoms with van der Waals surface area (Å²) in [5.74, 6) is 1.50. The van der Waals surface area contributed by atoms with E-state index < -0.39 is 17.1 Å². The second-order valence-corrected chi connectivity index (χ2v) is 19.2. The van der Waals surface area contributed by atoms with Gasteiger partial charge in [-0.1, -0.05) is 83.2 Å². The summed E-state index contributed by atoms with van der Waals surface area (Å²) in [7, 11) is 0. The quantitative estimate of drug-likeness (QED) is 0.197. The van der Waals surface area contributed by atoms with E-state index in [2.05, 4.69) is 76.4 Å². The zero-order valence-corrected chi connectivity index (χ0v) is 34.1. The van der Waals surface area contributed by atoms with E-state index in [0.717, 1.165) is 80.9 Å². The van der Waals surface area contributed by atoms with Gasteiger partial charge in [-0.15, -0.1) is 11.3 Å². The van der Waals surface area contributed by atoms with Gasteiger partial charge in [0, 0.05) is 28.3 Å². The number of carbonyl (C=O) groups excluding carboxylic acids is 2. The number of allylic oxidation sites excluding steroid dienone is 2. The summed E-state index contributed by atoms with van der Waals surface area (Å²) < 4.78 is 6.49. The molecule has 7 atom stereocenters. The Kier molecular flexibility index (Phi) is 13.3. The molecule has 292 valence electrons. The fourth-order valence-corrected chi connectivity index (χ4v) is 11.2. The van der Waals surface area contributed by atoms with Crippen LogP contribution in [0.3, 0.4) is 0 Å². The van der Waals surface area contributed by atoms with Gasteiger partial charge < -0.3 is 19.8 Å². The standard InChI is InChI=1S/C46H67NO5S/c1-31(2)38-19-16-33(4)27-42(38)52-44(50)47(25-22-37-14-10-26-53-37)30-46(51)24-21-41-39-20-17-34(29-40(39)43(49)35-12-7-6-8-13-35)28-36(48)18-15-32(3)11-9-23-45(41,46)5/h10-11,14,17,20,26,29,31,33,35-36,38,41-42,48,51H,6-9,12-13,15-16,18-19,21-25,27-28,30H2,1-5H3/t33-,36-,38+,41-,42-,45-,46+/m0/s1. The molecule has 1 aromatic heterocycles. The van der Waals surface area contributed by atoms with Crippen LogP contribution in [0.4, 0.5) is 4.79 Å². The fraction of sp³-hybridized carbons (Fsp3) is 0.696. The summed E-state index contributed by atoms with van der Waals surface area (Å²) in [6.07, 6.45) is 15.3. The average molecular weight is 746 g/mol. The van der Waals surface area contributed by atoms with E-state index >= 15 is 0 Å². The zero-order chi connectivity index (χ0) is 37.8. The van der Waals surface area contributed by atoms with Gasteiger partial charge in [0.05, 0.1) is 18.2 Å². The normalized spacial score (nSPS) is 31.5. The lowest BCUT2D eigenvalue weighted by Crippen LogP contribution is -2.54. The molecule has 6 nitrogen and oxygen atoms in total. The van der Waals surface area contributed by atoms with Gasteiger partial charge in [-0.05, 0) is 136 Å². The maximum atomic E-state index is 14.5. The summed E-state index contributed by atoms with van der Waals surface area (Å²) in [5, 5.41) is 26.2. The van der Waals surface area contributed by atoms with Crippen molar-refractivity contribution in [3.63, 3.8) is 0 Å². The number of ketones is 1. The number of hydrogen-bond acceptors (Lipinski definition) is 6. The molecule has 3 saturated carbocycles. The van der Waals surface area contributed by atoms with Crippen LogP contribution in [0.15, 0.2) is 47.4 Å². The number of Topliss-reactive ketones (excluding diaryl/α,β-unsaturated/α-hetero) is 1. The predicted octanol–water partition coefficient (Wildman–Crippen LogP) is 10.7. The van der Waals surface area contributed by atoms with Crippen LogP contribution in [0.5, 0.6) is 0 Å². The van der Waals surface area contributed by atoms with Gasteiger partial charge in [0.2, 0.25) is 0 Å². The first-order chi connectivity index (χ1) is 25.4. The lowest BCUT2D eigenvalue weighted by Gasteiger charge is -2.46. The lowest BCUT2D eigenvalue weighted by molar-refractivity contribution is -0.0861. The summed E-state index contributed by atoms with van der Waals surface area (Å²) in [6, 6.07) is 10.5. The number of carbonyl (C=O) groups is 2. The molecule has 5 aliphatic carbocycles. The van der Waals surface area contributed by atoms with E-state index in [1.165, 1.54) is 23.3 Å². The molecule has 2 bridgehead atoms. The van der Waals surface area contributed by atoms with Crippen LogP contribution in [0, 0.1) is 29.1 Å². The smallest absolute Gasteiger partial charge is 0.410 e. The van der Waals surface area contributed by atoms with Crippen molar-refractivity contribution in [2.24, 2.45) is 29.1 Å². The highest BCUT2D eigenvalue weighted by Gasteiger charge is 2.58. The van der Waals surface area contributed by atoms with Crippen LogP contribution >= 0.6 is 11.3 Å². The van der Waals surface area contributed by atoms with E-state index in [-0.39, 0.29) is 36.4 Å². The monoisotopic (exact) mass is 745 g/mol. The maximum absolute atomic E-state index is 14.5. The van der Waals surface area contributed by atoms with Crippen molar-refractivity contribution in [2.75, 3.05) is 13.1 Å². The Bertz CT molecular complexity index is 1560. The number of hydrogen-bond donors (Lipinski definition) is 2. The highest BCUT2D eigenvalue weighted by atomic mass is 32.1. The number of aliphatic hydroxyl groups is 2. The van der Waals surface area contributed by atoms with Crippen molar-refractivity contribution in [1.29, 1.82) is 0 Å². The average Bonchev–Trinajstić information content (AvgIpc) is 3.74. The Morgan fingerprint density at radius 1 is 1.04 bits per heavy atom. The van der Waals surface area contributed by atoms with E-state index in [1.807, 2.05) is 4.90 Å². The molecule has 1 heterocycles. The highest BCUT2D eigenvalue weighted by molar-refractivity contribution is 7.09. The molecule has 2 aromatic rings. The number of fused-ring (bicyclic) bond motifs is 8. The van der Waals surface area contributed by atoms with Crippen LogP contribution in [-0.2, 0) is 17.6 Å². The number of ether oxygens (including phenoxy) is 1. The second kappa shape index (κ2) is 17.5. The van der Waals surface area contributed by atoms with Crippen LogP contribution in [0.1, 0.15) is 157 Å². The maximum Gasteiger partial charge on any atom is 0.410 e. The topological polar surface area (TPSA) is 87.1 Å². The first-order valence-electron chi connectivity index (χ1n) is 21.1. The first-order valence-corrected chi connectivity index (χ1v) is 22.0. The molecule has 2 N–H and O–H groups in total. The van der Waals surface area contributed by atoms with Gasteiger partial charge in [0.1, 0.15) is 6.10 Å². The molecular formula is C46H67NO5S. The van der Waals surface area contributed by atoms with Crippen LogP contribution < -0.4 is 0 Å². The minimum absolute atomic E-state index is 0.0263. The zero-order valence-electron chi connectivity index (χ0n) is 33.3. The van der Waals surface area contributed by atoms with Crippen molar-refractivity contribution < 1.29 is 24.5 Å². The van der Waals surface area contributed by atoms with Gasteiger partial charge in [0.25, 0.3) is 0 Å². The molecule has 0 saturated heterocycles. The Hall–Kier alpha value is -2.48. The van der Waals surface area contributed by atoms with Crippen molar-refractivity contribution in [1.82, 2.24) is 4.90 Å². The Labute approximate surface area is 323 Å².